The first-order chi connectivity index (χ1) is 15.7. The Bertz CT molecular complexity index is 981. The normalized spacial score (nSPS) is 29.2. The number of aromatic nitrogens is 2. The van der Waals surface area contributed by atoms with Crippen LogP contribution in [0.3, 0.4) is 0 Å². The molecule has 2 aromatic rings. The van der Waals surface area contributed by atoms with Gasteiger partial charge in [-0.1, -0.05) is 13.0 Å². The van der Waals surface area contributed by atoms with Crippen LogP contribution < -0.4 is 10.1 Å². The van der Waals surface area contributed by atoms with Crippen molar-refractivity contribution in [3.63, 3.8) is 0 Å². The van der Waals surface area contributed by atoms with Crippen molar-refractivity contribution in [2.24, 2.45) is 23.2 Å². The lowest BCUT2D eigenvalue weighted by Crippen LogP contribution is -2.56. The van der Waals surface area contributed by atoms with Gasteiger partial charge >= 0.3 is 6.18 Å². The maximum absolute atomic E-state index is 13.0. The number of ether oxygens (including phenoxy) is 1. The van der Waals surface area contributed by atoms with E-state index in [0.29, 0.717) is 5.69 Å². The zero-order valence-electron chi connectivity index (χ0n) is 18.8. The van der Waals surface area contributed by atoms with E-state index in [1.807, 2.05) is 0 Å². The summed E-state index contributed by atoms with van der Waals surface area (Å²) in [5.41, 5.74) is -0.254. The Morgan fingerprint density at radius 1 is 1.18 bits per heavy atom. The average Bonchev–Trinajstić information content (AvgIpc) is 3.24. The van der Waals surface area contributed by atoms with E-state index in [4.69, 9.17) is 4.74 Å². The number of halogens is 3. The van der Waals surface area contributed by atoms with E-state index in [2.05, 4.69) is 17.3 Å². The number of carbonyl (C=O) groups is 1. The molecule has 4 saturated carbocycles. The van der Waals surface area contributed by atoms with Crippen LogP contribution in [0, 0.1) is 23.2 Å². The van der Waals surface area contributed by atoms with Crippen LogP contribution in [0.4, 0.5) is 13.2 Å². The van der Waals surface area contributed by atoms with Gasteiger partial charge in [-0.3, -0.25) is 4.79 Å². The van der Waals surface area contributed by atoms with Crippen LogP contribution in [-0.4, -0.2) is 21.7 Å². The minimum absolute atomic E-state index is 0.0826. The third-order valence-corrected chi connectivity index (χ3v) is 7.94. The van der Waals surface area contributed by atoms with Crippen molar-refractivity contribution < 1.29 is 22.7 Å². The van der Waals surface area contributed by atoms with E-state index < -0.39 is 11.7 Å². The second kappa shape index (κ2) is 8.37. The molecule has 6 rings (SSSR count). The van der Waals surface area contributed by atoms with Crippen molar-refractivity contribution in [3.8, 4) is 5.75 Å². The zero-order valence-corrected chi connectivity index (χ0v) is 18.8. The second-order valence-corrected chi connectivity index (χ2v) is 10.3. The fourth-order valence-corrected chi connectivity index (χ4v) is 6.98. The summed E-state index contributed by atoms with van der Waals surface area (Å²) in [6.07, 6.45) is 5.82. The molecule has 1 aromatic heterocycles. The summed E-state index contributed by atoms with van der Waals surface area (Å²) >= 11 is 0. The number of amides is 1. The Balaban J connectivity index is 1.21. The first-order valence-corrected chi connectivity index (χ1v) is 11.9. The SMILES string of the molecule is CCC(NC(=O)c1ccn(COc2cccc(C(F)(F)F)c2)n1)C12CC3CC(CC(C3)C1)C2. The maximum atomic E-state index is 13.0. The predicted molar refractivity (Wildman–Crippen MR) is 116 cm³/mol. The highest BCUT2D eigenvalue weighted by Crippen LogP contribution is 2.61. The average molecular weight is 462 g/mol. The number of benzene rings is 1. The van der Waals surface area contributed by atoms with Gasteiger partial charge in [0, 0.05) is 12.2 Å². The van der Waals surface area contributed by atoms with Crippen LogP contribution in [0.15, 0.2) is 36.5 Å². The minimum Gasteiger partial charge on any atom is -0.471 e. The second-order valence-electron chi connectivity index (χ2n) is 10.3. The highest BCUT2D eigenvalue weighted by atomic mass is 19.4. The Kier molecular flexibility index (Phi) is 5.65. The van der Waals surface area contributed by atoms with Crippen molar-refractivity contribution in [2.75, 3.05) is 0 Å². The van der Waals surface area contributed by atoms with Crippen molar-refractivity contribution in [1.82, 2.24) is 15.1 Å². The number of nitrogens with zero attached hydrogens (tertiary/aromatic N) is 2. The molecule has 1 atom stereocenters. The van der Waals surface area contributed by atoms with Gasteiger partial charge in [0.25, 0.3) is 5.91 Å². The van der Waals surface area contributed by atoms with Gasteiger partial charge in [-0.05, 0) is 92.4 Å². The fourth-order valence-electron chi connectivity index (χ4n) is 6.98. The van der Waals surface area contributed by atoms with Crippen LogP contribution in [0.25, 0.3) is 0 Å². The molecule has 1 N–H and O–H groups in total. The summed E-state index contributed by atoms with van der Waals surface area (Å²) in [4.78, 5) is 13.0. The highest BCUT2D eigenvalue weighted by molar-refractivity contribution is 5.92. The van der Waals surface area contributed by atoms with Crippen LogP contribution in [-0.2, 0) is 12.9 Å². The Morgan fingerprint density at radius 2 is 1.85 bits per heavy atom. The van der Waals surface area contributed by atoms with Crippen LogP contribution in [0.2, 0.25) is 0 Å². The lowest BCUT2D eigenvalue weighted by Gasteiger charge is -2.59. The molecule has 1 heterocycles. The molecule has 0 spiro atoms. The lowest BCUT2D eigenvalue weighted by molar-refractivity contribution is -0.137. The summed E-state index contributed by atoms with van der Waals surface area (Å²) in [7, 11) is 0. The molecular formula is C25H30F3N3O2. The van der Waals surface area contributed by atoms with E-state index >= 15 is 0 Å². The maximum Gasteiger partial charge on any atom is 0.416 e. The molecule has 0 radical (unpaired) electrons. The third kappa shape index (κ3) is 4.49. The molecule has 4 aliphatic rings. The largest absolute Gasteiger partial charge is 0.471 e. The molecule has 1 aromatic carbocycles. The summed E-state index contributed by atoms with van der Waals surface area (Å²) < 4.78 is 45.5. The number of nitrogens with one attached hydrogen (secondary N) is 1. The smallest absolute Gasteiger partial charge is 0.416 e. The molecule has 1 unspecified atom stereocenters. The number of carbonyl (C=O) groups excluding carboxylic acids is 1. The van der Waals surface area contributed by atoms with Gasteiger partial charge in [0.2, 0.25) is 0 Å². The predicted octanol–water partition coefficient (Wildman–Crippen LogP) is 5.66. The van der Waals surface area contributed by atoms with E-state index in [1.54, 1.807) is 12.3 Å². The Hall–Kier alpha value is -2.51. The molecule has 1 amide bonds. The molecular weight excluding hydrogens is 431 g/mol. The molecule has 4 fully saturated rings. The van der Waals surface area contributed by atoms with Crippen molar-refractivity contribution in [2.45, 2.75) is 70.8 Å². The molecule has 5 nitrogen and oxygen atoms in total. The molecule has 33 heavy (non-hydrogen) atoms. The standard InChI is InChI=1S/C25H30F3N3O2/c1-2-22(24-12-16-8-17(13-24)10-18(9-16)14-24)29-23(32)21-6-7-31(30-21)15-33-20-5-3-4-19(11-20)25(26,27)28/h3-7,11,16-18,22H,2,8-10,12-15H2,1H3,(H,29,32). The van der Waals surface area contributed by atoms with Gasteiger partial charge in [0.1, 0.15) is 11.4 Å². The summed E-state index contributed by atoms with van der Waals surface area (Å²) in [6, 6.07) is 6.48. The van der Waals surface area contributed by atoms with Gasteiger partial charge in [-0.15, -0.1) is 0 Å². The fraction of sp³-hybridized carbons (Fsp3) is 0.600. The molecule has 8 heteroatoms. The molecule has 0 aliphatic heterocycles. The van der Waals surface area contributed by atoms with Crippen molar-refractivity contribution in [3.05, 3.63) is 47.8 Å². The highest BCUT2D eigenvalue weighted by Gasteiger charge is 2.54. The summed E-state index contributed by atoms with van der Waals surface area (Å²) in [6.45, 7) is 2.06. The monoisotopic (exact) mass is 461 g/mol. The van der Waals surface area contributed by atoms with E-state index in [-0.39, 0.29) is 29.8 Å². The number of rotatable bonds is 7. The van der Waals surface area contributed by atoms with Crippen molar-refractivity contribution >= 4 is 5.91 Å². The summed E-state index contributed by atoms with van der Waals surface area (Å²) in [5.74, 6) is 2.34. The third-order valence-electron chi connectivity index (χ3n) is 7.94. The van der Waals surface area contributed by atoms with Crippen LogP contribution >= 0.6 is 0 Å². The quantitative estimate of drug-likeness (QED) is 0.579. The zero-order chi connectivity index (χ0) is 23.2. The lowest BCUT2D eigenvalue weighted by atomic mass is 9.47. The Labute approximate surface area is 191 Å². The van der Waals surface area contributed by atoms with Gasteiger partial charge in [-0.2, -0.15) is 18.3 Å². The first kappa shape index (κ1) is 22.3. The minimum atomic E-state index is -4.43. The molecule has 0 saturated heterocycles. The number of hydrogen-bond acceptors (Lipinski definition) is 3. The Morgan fingerprint density at radius 3 is 2.45 bits per heavy atom. The topological polar surface area (TPSA) is 56.2 Å². The molecule has 4 aliphatic carbocycles. The molecule has 178 valence electrons. The van der Waals surface area contributed by atoms with Crippen molar-refractivity contribution in [1.29, 1.82) is 0 Å². The molecule has 4 bridgehead atoms. The van der Waals surface area contributed by atoms with E-state index in [0.717, 1.165) is 36.3 Å². The van der Waals surface area contributed by atoms with Gasteiger partial charge in [0.15, 0.2) is 6.73 Å². The van der Waals surface area contributed by atoms with Gasteiger partial charge in [-0.25, -0.2) is 4.68 Å². The summed E-state index contributed by atoms with van der Waals surface area (Å²) in [5, 5.41) is 7.56. The van der Waals surface area contributed by atoms with E-state index in [1.165, 1.54) is 55.3 Å². The number of alkyl halides is 3. The van der Waals surface area contributed by atoms with Gasteiger partial charge in [0.05, 0.1) is 5.56 Å². The van der Waals surface area contributed by atoms with Crippen LogP contribution in [0.5, 0.6) is 5.75 Å². The van der Waals surface area contributed by atoms with Crippen LogP contribution in [0.1, 0.15) is 67.9 Å². The van der Waals surface area contributed by atoms with E-state index in [9.17, 15) is 18.0 Å². The van der Waals surface area contributed by atoms with Gasteiger partial charge < -0.3 is 10.1 Å². The first-order valence-electron chi connectivity index (χ1n) is 11.9. The number of hydrogen-bond donors (Lipinski definition) is 1.